The lowest BCUT2D eigenvalue weighted by Crippen LogP contribution is -2.02. The third-order valence-corrected chi connectivity index (χ3v) is 3.81. The molecule has 0 fully saturated rings. The topological polar surface area (TPSA) is 37.3 Å². The monoisotopic (exact) mass is 252 g/mol. The average molecular weight is 252 g/mol. The SMILES string of the molecule is O=C(O)c1ccc(-c2ccc3c(c2)CCCC3)cc1. The van der Waals surface area contributed by atoms with Gasteiger partial charge in [0.25, 0.3) is 0 Å². The van der Waals surface area contributed by atoms with E-state index in [1.807, 2.05) is 12.1 Å². The molecule has 0 aliphatic heterocycles. The first-order chi connectivity index (χ1) is 9.24. The molecular weight excluding hydrogens is 236 g/mol. The molecular formula is C17H16O2. The molecule has 0 saturated carbocycles. The van der Waals surface area contributed by atoms with E-state index in [2.05, 4.69) is 18.2 Å². The van der Waals surface area contributed by atoms with Crippen LogP contribution >= 0.6 is 0 Å². The van der Waals surface area contributed by atoms with Crippen LogP contribution in [0.3, 0.4) is 0 Å². The maximum Gasteiger partial charge on any atom is 0.335 e. The Balaban J connectivity index is 1.95. The molecule has 19 heavy (non-hydrogen) atoms. The molecule has 0 saturated heterocycles. The average Bonchev–Trinajstić information content (AvgIpc) is 2.47. The van der Waals surface area contributed by atoms with E-state index in [0.717, 1.165) is 12.0 Å². The van der Waals surface area contributed by atoms with Gasteiger partial charge in [-0.25, -0.2) is 4.79 Å². The number of hydrogen-bond donors (Lipinski definition) is 1. The molecule has 0 spiro atoms. The molecule has 0 aromatic heterocycles. The minimum Gasteiger partial charge on any atom is -0.478 e. The molecule has 0 radical (unpaired) electrons. The summed E-state index contributed by atoms with van der Waals surface area (Å²) >= 11 is 0. The Morgan fingerprint density at radius 3 is 2.16 bits per heavy atom. The van der Waals surface area contributed by atoms with Crippen LogP contribution in [-0.2, 0) is 12.8 Å². The fraction of sp³-hybridized carbons (Fsp3) is 0.235. The van der Waals surface area contributed by atoms with E-state index in [0.29, 0.717) is 5.56 Å². The highest BCUT2D eigenvalue weighted by atomic mass is 16.4. The molecule has 0 atom stereocenters. The van der Waals surface area contributed by atoms with Crippen LogP contribution in [0.5, 0.6) is 0 Å². The minimum atomic E-state index is -0.878. The fourth-order valence-corrected chi connectivity index (χ4v) is 2.72. The van der Waals surface area contributed by atoms with Gasteiger partial charge in [0.05, 0.1) is 5.56 Å². The van der Waals surface area contributed by atoms with Gasteiger partial charge in [-0.2, -0.15) is 0 Å². The van der Waals surface area contributed by atoms with Crippen LogP contribution in [0, 0.1) is 0 Å². The summed E-state index contributed by atoms with van der Waals surface area (Å²) in [5, 5.41) is 8.90. The summed E-state index contributed by atoms with van der Waals surface area (Å²) in [7, 11) is 0. The lowest BCUT2D eigenvalue weighted by molar-refractivity contribution is 0.0697. The second-order valence-corrected chi connectivity index (χ2v) is 5.07. The van der Waals surface area contributed by atoms with Gasteiger partial charge in [0.1, 0.15) is 0 Å². The highest BCUT2D eigenvalue weighted by Crippen LogP contribution is 2.27. The molecule has 2 nitrogen and oxygen atoms in total. The lowest BCUT2D eigenvalue weighted by atomic mass is 9.89. The Labute approximate surface area is 112 Å². The van der Waals surface area contributed by atoms with Crippen molar-refractivity contribution in [3.05, 3.63) is 59.2 Å². The second-order valence-electron chi connectivity index (χ2n) is 5.07. The van der Waals surface area contributed by atoms with Gasteiger partial charge in [-0.15, -0.1) is 0 Å². The van der Waals surface area contributed by atoms with Gasteiger partial charge in [0.2, 0.25) is 0 Å². The Hall–Kier alpha value is -2.09. The molecule has 3 rings (SSSR count). The van der Waals surface area contributed by atoms with Gasteiger partial charge in [0.15, 0.2) is 0 Å². The van der Waals surface area contributed by atoms with Gasteiger partial charge in [0, 0.05) is 0 Å². The quantitative estimate of drug-likeness (QED) is 0.879. The van der Waals surface area contributed by atoms with Gasteiger partial charge in [-0.1, -0.05) is 30.3 Å². The number of carbonyl (C=O) groups is 1. The minimum absolute atomic E-state index is 0.335. The van der Waals surface area contributed by atoms with Crippen molar-refractivity contribution in [1.82, 2.24) is 0 Å². The zero-order chi connectivity index (χ0) is 13.2. The van der Waals surface area contributed by atoms with Gasteiger partial charge in [-0.3, -0.25) is 0 Å². The summed E-state index contributed by atoms with van der Waals surface area (Å²) in [6.45, 7) is 0. The van der Waals surface area contributed by atoms with Crippen LogP contribution in [0.25, 0.3) is 11.1 Å². The van der Waals surface area contributed by atoms with E-state index in [1.165, 1.54) is 36.0 Å². The highest BCUT2D eigenvalue weighted by molar-refractivity contribution is 5.88. The molecule has 2 aromatic rings. The van der Waals surface area contributed by atoms with E-state index in [-0.39, 0.29) is 0 Å². The Kier molecular flexibility index (Phi) is 3.08. The summed E-state index contributed by atoms with van der Waals surface area (Å²) in [4.78, 5) is 10.8. The van der Waals surface area contributed by atoms with Gasteiger partial charge in [-0.05, 0) is 60.1 Å². The number of carboxylic acids is 1. The van der Waals surface area contributed by atoms with Crippen molar-refractivity contribution in [3.63, 3.8) is 0 Å². The number of rotatable bonds is 2. The summed E-state index contributed by atoms with van der Waals surface area (Å²) in [6.07, 6.45) is 4.91. The van der Waals surface area contributed by atoms with Crippen molar-refractivity contribution in [3.8, 4) is 11.1 Å². The van der Waals surface area contributed by atoms with Crippen molar-refractivity contribution in [1.29, 1.82) is 0 Å². The maximum absolute atomic E-state index is 10.8. The first-order valence-corrected chi connectivity index (χ1v) is 6.69. The van der Waals surface area contributed by atoms with E-state index >= 15 is 0 Å². The smallest absolute Gasteiger partial charge is 0.335 e. The summed E-state index contributed by atoms with van der Waals surface area (Å²) in [5.41, 5.74) is 5.51. The second kappa shape index (κ2) is 4.88. The van der Waals surface area contributed by atoms with Crippen LogP contribution in [0.4, 0.5) is 0 Å². The van der Waals surface area contributed by atoms with Crippen molar-refractivity contribution >= 4 is 5.97 Å². The largest absolute Gasteiger partial charge is 0.478 e. The predicted molar refractivity (Wildman–Crippen MR) is 75.5 cm³/mol. The molecule has 0 amide bonds. The number of hydrogen-bond acceptors (Lipinski definition) is 1. The zero-order valence-electron chi connectivity index (χ0n) is 10.7. The fourth-order valence-electron chi connectivity index (χ4n) is 2.72. The van der Waals surface area contributed by atoms with Crippen molar-refractivity contribution < 1.29 is 9.90 Å². The zero-order valence-corrected chi connectivity index (χ0v) is 10.7. The van der Waals surface area contributed by atoms with E-state index in [1.54, 1.807) is 12.1 Å². The number of aryl methyl sites for hydroxylation is 2. The molecule has 96 valence electrons. The van der Waals surface area contributed by atoms with Crippen LogP contribution in [-0.4, -0.2) is 11.1 Å². The molecule has 0 bridgehead atoms. The molecule has 0 unspecified atom stereocenters. The Bertz CT molecular complexity index is 612. The maximum atomic E-state index is 10.8. The first-order valence-electron chi connectivity index (χ1n) is 6.69. The number of carboxylic acid groups (broad SMARTS) is 1. The van der Waals surface area contributed by atoms with Crippen LogP contribution in [0.2, 0.25) is 0 Å². The molecule has 1 aliphatic carbocycles. The Morgan fingerprint density at radius 2 is 1.47 bits per heavy atom. The number of benzene rings is 2. The lowest BCUT2D eigenvalue weighted by Gasteiger charge is -2.16. The number of fused-ring (bicyclic) bond motifs is 1. The van der Waals surface area contributed by atoms with E-state index in [9.17, 15) is 4.79 Å². The first kappa shape index (κ1) is 12.0. The van der Waals surface area contributed by atoms with Crippen LogP contribution in [0.1, 0.15) is 34.3 Å². The Morgan fingerprint density at radius 1 is 0.842 bits per heavy atom. The van der Waals surface area contributed by atoms with Crippen molar-refractivity contribution in [2.75, 3.05) is 0 Å². The third-order valence-electron chi connectivity index (χ3n) is 3.81. The molecule has 1 N–H and O–H groups in total. The third kappa shape index (κ3) is 2.39. The van der Waals surface area contributed by atoms with Crippen molar-refractivity contribution in [2.24, 2.45) is 0 Å². The molecule has 2 aromatic carbocycles. The summed E-state index contributed by atoms with van der Waals surface area (Å²) < 4.78 is 0. The molecule has 2 heteroatoms. The van der Waals surface area contributed by atoms with Crippen molar-refractivity contribution in [2.45, 2.75) is 25.7 Å². The highest BCUT2D eigenvalue weighted by Gasteiger charge is 2.10. The van der Waals surface area contributed by atoms with Gasteiger partial charge >= 0.3 is 5.97 Å². The standard InChI is InChI=1S/C17H16O2/c18-17(19)14-8-5-13(6-9-14)16-10-7-12-3-1-2-4-15(12)11-16/h5-11H,1-4H2,(H,18,19). The predicted octanol–water partition coefficient (Wildman–Crippen LogP) is 3.93. The normalized spacial score (nSPS) is 13.9. The molecule has 0 heterocycles. The summed E-state index contributed by atoms with van der Waals surface area (Å²) in [6, 6.07) is 13.7. The molecule has 1 aliphatic rings. The van der Waals surface area contributed by atoms with Gasteiger partial charge < -0.3 is 5.11 Å². The summed E-state index contributed by atoms with van der Waals surface area (Å²) in [5.74, 6) is -0.878. The van der Waals surface area contributed by atoms with E-state index < -0.39 is 5.97 Å². The van der Waals surface area contributed by atoms with E-state index in [4.69, 9.17) is 5.11 Å². The van der Waals surface area contributed by atoms with Crippen LogP contribution in [0.15, 0.2) is 42.5 Å². The number of aromatic carboxylic acids is 1. The van der Waals surface area contributed by atoms with Crippen LogP contribution < -0.4 is 0 Å².